The van der Waals surface area contributed by atoms with Gasteiger partial charge in [0.2, 0.25) is 5.91 Å². The molecule has 0 radical (unpaired) electrons. The van der Waals surface area contributed by atoms with Crippen molar-refractivity contribution in [2.75, 3.05) is 7.11 Å². The Morgan fingerprint density at radius 1 is 1.16 bits per heavy atom. The van der Waals surface area contributed by atoms with Crippen molar-refractivity contribution in [2.45, 2.75) is 32.8 Å². The van der Waals surface area contributed by atoms with Gasteiger partial charge in [-0.25, -0.2) is 0 Å². The summed E-state index contributed by atoms with van der Waals surface area (Å²) < 4.78 is 10.9. The van der Waals surface area contributed by atoms with Crippen LogP contribution in [0.25, 0.3) is 0 Å². The summed E-state index contributed by atoms with van der Waals surface area (Å²) in [4.78, 5) is 25.1. The van der Waals surface area contributed by atoms with Gasteiger partial charge in [0, 0.05) is 16.9 Å². The molecule has 2 aromatic rings. The Balaban J connectivity index is 1.88. The summed E-state index contributed by atoms with van der Waals surface area (Å²) in [7, 11) is 1.51. The molecular formula is C18H22N2O4S. The monoisotopic (exact) mass is 362 g/mol. The molecule has 7 heteroatoms. The quantitative estimate of drug-likeness (QED) is 0.743. The van der Waals surface area contributed by atoms with E-state index in [0.717, 1.165) is 4.88 Å². The zero-order valence-electron chi connectivity index (χ0n) is 14.5. The van der Waals surface area contributed by atoms with Gasteiger partial charge < -0.3 is 9.47 Å². The number of nitrogens with one attached hydrogen (secondary N) is 2. The van der Waals surface area contributed by atoms with Gasteiger partial charge >= 0.3 is 0 Å². The Kier molecular flexibility index (Phi) is 6.82. The predicted octanol–water partition coefficient (Wildman–Crippen LogP) is 2.94. The third kappa shape index (κ3) is 5.79. The predicted molar refractivity (Wildman–Crippen MR) is 97.0 cm³/mol. The standard InChI is InChI=1S/C18H22N2O4S/c1-12(2)24-15-8-6-13(11-16(15)23-3)18(22)20-19-17(21)9-7-14-5-4-10-25-14/h4-6,8,10-12H,7,9H2,1-3H3,(H,19,21)(H,20,22). The number of carbonyl (C=O) groups excluding carboxylic acids is 2. The summed E-state index contributed by atoms with van der Waals surface area (Å²) in [6.07, 6.45) is 0.955. The molecule has 1 heterocycles. The van der Waals surface area contributed by atoms with Crippen molar-refractivity contribution in [3.63, 3.8) is 0 Å². The first-order chi connectivity index (χ1) is 12.0. The maximum absolute atomic E-state index is 12.2. The third-order valence-corrected chi connectivity index (χ3v) is 4.22. The van der Waals surface area contributed by atoms with E-state index in [1.165, 1.54) is 7.11 Å². The number of hydrogen-bond acceptors (Lipinski definition) is 5. The zero-order chi connectivity index (χ0) is 18.2. The van der Waals surface area contributed by atoms with Gasteiger partial charge in [0.05, 0.1) is 13.2 Å². The second-order valence-corrected chi connectivity index (χ2v) is 6.65. The summed E-state index contributed by atoms with van der Waals surface area (Å²) in [6, 6.07) is 8.79. The minimum Gasteiger partial charge on any atom is -0.493 e. The van der Waals surface area contributed by atoms with Crippen LogP contribution in [0.5, 0.6) is 11.5 Å². The maximum atomic E-state index is 12.2. The molecule has 0 atom stereocenters. The molecule has 0 spiro atoms. The van der Waals surface area contributed by atoms with E-state index in [9.17, 15) is 9.59 Å². The van der Waals surface area contributed by atoms with Crippen LogP contribution < -0.4 is 20.3 Å². The molecular weight excluding hydrogens is 340 g/mol. The van der Waals surface area contributed by atoms with Crippen molar-refractivity contribution in [1.82, 2.24) is 10.9 Å². The Labute approximate surface area is 151 Å². The van der Waals surface area contributed by atoms with E-state index in [1.54, 1.807) is 29.5 Å². The van der Waals surface area contributed by atoms with Crippen LogP contribution in [-0.2, 0) is 11.2 Å². The summed E-state index contributed by atoms with van der Waals surface area (Å²) in [5, 5.41) is 1.97. The van der Waals surface area contributed by atoms with Crippen molar-refractivity contribution in [1.29, 1.82) is 0 Å². The van der Waals surface area contributed by atoms with Crippen LogP contribution in [0.1, 0.15) is 35.5 Å². The van der Waals surface area contributed by atoms with E-state index in [4.69, 9.17) is 9.47 Å². The number of ether oxygens (including phenoxy) is 2. The smallest absolute Gasteiger partial charge is 0.269 e. The first kappa shape index (κ1) is 18.8. The van der Waals surface area contributed by atoms with E-state index in [0.29, 0.717) is 29.9 Å². The molecule has 0 fully saturated rings. The highest BCUT2D eigenvalue weighted by molar-refractivity contribution is 7.09. The molecule has 0 aliphatic rings. The van der Waals surface area contributed by atoms with E-state index in [2.05, 4.69) is 10.9 Å². The second-order valence-electron chi connectivity index (χ2n) is 5.61. The summed E-state index contributed by atoms with van der Waals surface area (Å²) in [5.74, 6) is 0.367. The highest BCUT2D eigenvalue weighted by Gasteiger charge is 2.13. The van der Waals surface area contributed by atoms with Crippen LogP contribution in [0.4, 0.5) is 0 Å². The summed E-state index contributed by atoms with van der Waals surface area (Å²) >= 11 is 1.60. The number of thiophene rings is 1. The zero-order valence-corrected chi connectivity index (χ0v) is 15.3. The molecule has 0 aliphatic heterocycles. The summed E-state index contributed by atoms with van der Waals surface area (Å²) in [6.45, 7) is 3.82. The van der Waals surface area contributed by atoms with Gasteiger partial charge in [0.1, 0.15) is 0 Å². The van der Waals surface area contributed by atoms with Crippen molar-refractivity contribution in [2.24, 2.45) is 0 Å². The van der Waals surface area contributed by atoms with Gasteiger partial charge in [0.15, 0.2) is 11.5 Å². The van der Waals surface area contributed by atoms with Gasteiger partial charge in [-0.15, -0.1) is 11.3 Å². The van der Waals surface area contributed by atoms with E-state index in [-0.39, 0.29) is 12.0 Å². The average molecular weight is 362 g/mol. The number of amides is 2. The SMILES string of the molecule is COc1cc(C(=O)NNC(=O)CCc2cccs2)ccc1OC(C)C. The molecule has 0 saturated carbocycles. The number of hydrazine groups is 1. The van der Waals surface area contributed by atoms with Gasteiger partial charge in [0.25, 0.3) is 5.91 Å². The molecule has 2 N–H and O–H groups in total. The average Bonchev–Trinajstić information content (AvgIpc) is 3.11. The second kappa shape index (κ2) is 9.08. The molecule has 1 aromatic carbocycles. The van der Waals surface area contributed by atoms with Crippen LogP contribution in [0, 0.1) is 0 Å². The minimum absolute atomic E-state index is 0.00351. The van der Waals surface area contributed by atoms with Crippen molar-refractivity contribution in [3.8, 4) is 11.5 Å². The largest absolute Gasteiger partial charge is 0.493 e. The molecule has 25 heavy (non-hydrogen) atoms. The van der Waals surface area contributed by atoms with Crippen LogP contribution in [-0.4, -0.2) is 25.0 Å². The van der Waals surface area contributed by atoms with Crippen LogP contribution in [0.15, 0.2) is 35.7 Å². The lowest BCUT2D eigenvalue weighted by Gasteiger charge is -2.14. The normalized spacial score (nSPS) is 10.4. The number of rotatable bonds is 7. The Morgan fingerprint density at radius 2 is 1.96 bits per heavy atom. The molecule has 0 saturated heterocycles. The van der Waals surface area contributed by atoms with Crippen LogP contribution in [0.3, 0.4) is 0 Å². The number of benzene rings is 1. The molecule has 134 valence electrons. The lowest BCUT2D eigenvalue weighted by molar-refractivity contribution is -0.121. The maximum Gasteiger partial charge on any atom is 0.269 e. The van der Waals surface area contributed by atoms with Gasteiger partial charge in [-0.3, -0.25) is 20.4 Å². The van der Waals surface area contributed by atoms with Gasteiger partial charge in [-0.1, -0.05) is 6.07 Å². The lowest BCUT2D eigenvalue weighted by atomic mass is 10.2. The number of methoxy groups -OCH3 is 1. The fourth-order valence-corrected chi connectivity index (χ4v) is 2.82. The first-order valence-corrected chi connectivity index (χ1v) is 8.84. The molecule has 0 unspecified atom stereocenters. The molecule has 6 nitrogen and oxygen atoms in total. The van der Waals surface area contributed by atoms with Crippen LogP contribution in [0.2, 0.25) is 0 Å². The number of carbonyl (C=O) groups is 2. The van der Waals surface area contributed by atoms with Crippen molar-refractivity contribution < 1.29 is 19.1 Å². The van der Waals surface area contributed by atoms with E-state index >= 15 is 0 Å². The molecule has 2 rings (SSSR count). The van der Waals surface area contributed by atoms with Gasteiger partial charge in [-0.05, 0) is 49.9 Å². The fourth-order valence-electron chi connectivity index (χ4n) is 2.11. The Morgan fingerprint density at radius 3 is 2.60 bits per heavy atom. The highest BCUT2D eigenvalue weighted by atomic mass is 32.1. The molecule has 0 bridgehead atoms. The Hall–Kier alpha value is -2.54. The van der Waals surface area contributed by atoms with Crippen LogP contribution >= 0.6 is 11.3 Å². The molecule has 2 amide bonds. The molecule has 1 aromatic heterocycles. The molecule has 0 aliphatic carbocycles. The highest BCUT2D eigenvalue weighted by Crippen LogP contribution is 2.28. The topological polar surface area (TPSA) is 76.7 Å². The fraction of sp³-hybridized carbons (Fsp3) is 0.333. The third-order valence-electron chi connectivity index (χ3n) is 3.28. The summed E-state index contributed by atoms with van der Waals surface area (Å²) in [5.41, 5.74) is 5.20. The van der Waals surface area contributed by atoms with E-state index < -0.39 is 5.91 Å². The number of aryl methyl sites for hydroxylation is 1. The first-order valence-electron chi connectivity index (χ1n) is 7.96. The number of hydrogen-bond donors (Lipinski definition) is 2. The van der Waals surface area contributed by atoms with Crippen molar-refractivity contribution in [3.05, 3.63) is 46.2 Å². The minimum atomic E-state index is -0.418. The van der Waals surface area contributed by atoms with Gasteiger partial charge in [-0.2, -0.15) is 0 Å². The Bertz CT molecular complexity index is 714. The lowest BCUT2D eigenvalue weighted by Crippen LogP contribution is -2.41. The van der Waals surface area contributed by atoms with E-state index in [1.807, 2.05) is 31.4 Å². The van der Waals surface area contributed by atoms with Crippen molar-refractivity contribution >= 4 is 23.2 Å².